The molecule has 138 valence electrons. The zero-order valence-electron chi connectivity index (χ0n) is 15.1. The molecule has 0 radical (unpaired) electrons. The Bertz CT molecular complexity index is 899. The molecule has 0 atom stereocenters. The lowest BCUT2D eigenvalue weighted by molar-refractivity contribution is 0.0950. The van der Waals surface area contributed by atoms with Gasteiger partial charge in [-0.3, -0.25) is 9.78 Å². The van der Waals surface area contributed by atoms with Gasteiger partial charge >= 0.3 is 0 Å². The van der Waals surface area contributed by atoms with Crippen molar-refractivity contribution in [3.63, 3.8) is 0 Å². The molecule has 2 aromatic heterocycles. The van der Waals surface area contributed by atoms with E-state index < -0.39 is 0 Å². The first-order chi connectivity index (χ1) is 13.2. The summed E-state index contributed by atoms with van der Waals surface area (Å²) >= 11 is 0. The van der Waals surface area contributed by atoms with Crippen LogP contribution in [0.1, 0.15) is 15.9 Å². The molecule has 2 N–H and O–H groups in total. The number of carbonyl (C=O) groups is 1. The Hall–Kier alpha value is -3.61. The lowest BCUT2D eigenvalue weighted by Gasteiger charge is -2.11. The van der Waals surface area contributed by atoms with Crippen LogP contribution in [0, 0.1) is 0 Å². The zero-order valence-corrected chi connectivity index (χ0v) is 15.1. The second-order valence-electron chi connectivity index (χ2n) is 5.67. The number of benzene rings is 1. The van der Waals surface area contributed by atoms with Gasteiger partial charge in [0.2, 0.25) is 0 Å². The molecule has 1 aromatic carbocycles. The summed E-state index contributed by atoms with van der Waals surface area (Å²) < 4.78 is 10.5. The summed E-state index contributed by atoms with van der Waals surface area (Å²) in [5, 5.41) is 6.02. The van der Waals surface area contributed by atoms with E-state index in [0.29, 0.717) is 29.4 Å². The number of anilines is 2. The van der Waals surface area contributed by atoms with E-state index in [1.54, 1.807) is 38.7 Å². The normalized spacial score (nSPS) is 10.1. The fourth-order valence-corrected chi connectivity index (χ4v) is 2.45. The molecule has 0 aliphatic heterocycles. The minimum absolute atomic E-state index is 0.183. The maximum absolute atomic E-state index is 12.2. The largest absolute Gasteiger partial charge is 0.493 e. The smallest absolute Gasteiger partial charge is 0.253 e. The van der Waals surface area contributed by atoms with E-state index in [4.69, 9.17) is 9.47 Å². The minimum atomic E-state index is -0.183. The van der Waals surface area contributed by atoms with Gasteiger partial charge in [-0.15, -0.1) is 0 Å². The third-order valence-electron chi connectivity index (χ3n) is 3.88. The van der Waals surface area contributed by atoms with Gasteiger partial charge in [0.1, 0.15) is 5.82 Å². The van der Waals surface area contributed by atoms with Crippen molar-refractivity contribution in [2.24, 2.45) is 0 Å². The molecule has 0 unspecified atom stereocenters. The van der Waals surface area contributed by atoms with Crippen LogP contribution in [0.5, 0.6) is 11.5 Å². The monoisotopic (exact) mass is 364 g/mol. The van der Waals surface area contributed by atoms with Crippen molar-refractivity contribution in [3.05, 3.63) is 72.2 Å². The Labute approximate surface area is 157 Å². The highest BCUT2D eigenvalue weighted by Crippen LogP contribution is 2.30. The van der Waals surface area contributed by atoms with E-state index >= 15 is 0 Å². The average molecular weight is 364 g/mol. The first-order valence-corrected chi connectivity index (χ1v) is 8.32. The second kappa shape index (κ2) is 8.66. The summed E-state index contributed by atoms with van der Waals surface area (Å²) in [6.07, 6.45) is 4.92. The van der Waals surface area contributed by atoms with E-state index in [2.05, 4.69) is 20.6 Å². The number of nitrogens with one attached hydrogen (secondary N) is 2. The van der Waals surface area contributed by atoms with Crippen LogP contribution in [0.3, 0.4) is 0 Å². The van der Waals surface area contributed by atoms with Crippen LogP contribution in [0.25, 0.3) is 0 Å². The number of aromatic nitrogens is 2. The van der Waals surface area contributed by atoms with Gasteiger partial charge in [0.15, 0.2) is 11.5 Å². The second-order valence-corrected chi connectivity index (χ2v) is 5.67. The number of hydrogen-bond donors (Lipinski definition) is 2. The number of ether oxygens (including phenoxy) is 2. The minimum Gasteiger partial charge on any atom is -0.493 e. The van der Waals surface area contributed by atoms with Crippen molar-refractivity contribution in [1.82, 2.24) is 15.3 Å². The van der Waals surface area contributed by atoms with Crippen molar-refractivity contribution in [3.8, 4) is 11.5 Å². The molecule has 0 bridgehead atoms. The zero-order chi connectivity index (χ0) is 19.1. The molecule has 3 rings (SSSR count). The van der Waals surface area contributed by atoms with Gasteiger partial charge in [0.25, 0.3) is 5.91 Å². The fraction of sp³-hybridized carbons (Fsp3) is 0.150. The summed E-state index contributed by atoms with van der Waals surface area (Å²) in [6, 6.07) is 12.7. The van der Waals surface area contributed by atoms with E-state index in [9.17, 15) is 4.79 Å². The van der Waals surface area contributed by atoms with Crippen molar-refractivity contribution in [2.45, 2.75) is 6.54 Å². The lowest BCUT2D eigenvalue weighted by atomic mass is 10.2. The molecule has 7 nitrogen and oxygen atoms in total. The predicted molar refractivity (Wildman–Crippen MR) is 102 cm³/mol. The molecule has 0 aliphatic rings. The van der Waals surface area contributed by atoms with Gasteiger partial charge in [0.05, 0.1) is 19.8 Å². The van der Waals surface area contributed by atoms with Crippen LogP contribution < -0.4 is 20.1 Å². The summed E-state index contributed by atoms with van der Waals surface area (Å²) in [5.74, 6) is 1.71. The standard InChI is InChI=1S/C20H20N4O3/c1-26-17-5-4-16(11-18(17)27-2)24-19-6-3-15(13-22-19)20(25)23-12-14-7-9-21-10-8-14/h3-11,13H,12H2,1-2H3,(H,22,24)(H,23,25). The first kappa shape index (κ1) is 18.2. The Morgan fingerprint density at radius 2 is 1.78 bits per heavy atom. The maximum atomic E-state index is 12.2. The van der Waals surface area contributed by atoms with Crippen LogP contribution in [0.2, 0.25) is 0 Å². The van der Waals surface area contributed by atoms with Crippen LogP contribution >= 0.6 is 0 Å². The van der Waals surface area contributed by atoms with Gasteiger partial charge in [0, 0.05) is 36.9 Å². The van der Waals surface area contributed by atoms with Crippen LogP contribution in [-0.2, 0) is 6.54 Å². The lowest BCUT2D eigenvalue weighted by Crippen LogP contribution is -2.22. The third-order valence-corrected chi connectivity index (χ3v) is 3.88. The molecule has 7 heteroatoms. The Morgan fingerprint density at radius 1 is 1.00 bits per heavy atom. The van der Waals surface area contributed by atoms with E-state index in [-0.39, 0.29) is 5.91 Å². The van der Waals surface area contributed by atoms with Crippen molar-refractivity contribution < 1.29 is 14.3 Å². The van der Waals surface area contributed by atoms with Gasteiger partial charge < -0.3 is 20.1 Å². The highest BCUT2D eigenvalue weighted by atomic mass is 16.5. The first-order valence-electron chi connectivity index (χ1n) is 8.32. The molecule has 0 spiro atoms. The molecule has 0 saturated heterocycles. The number of carbonyl (C=O) groups excluding carboxylic acids is 1. The summed E-state index contributed by atoms with van der Waals surface area (Å²) in [6.45, 7) is 0.437. The third kappa shape index (κ3) is 4.72. The van der Waals surface area contributed by atoms with Gasteiger partial charge in [-0.25, -0.2) is 4.98 Å². The quantitative estimate of drug-likeness (QED) is 0.670. The number of nitrogens with zero attached hydrogens (tertiary/aromatic N) is 2. The van der Waals surface area contributed by atoms with Crippen LogP contribution in [-0.4, -0.2) is 30.1 Å². The molecular weight excluding hydrogens is 344 g/mol. The van der Waals surface area contributed by atoms with Gasteiger partial charge in [-0.1, -0.05) is 0 Å². The molecule has 1 amide bonds. The predicted octanol–water partition coefficient (Wildman–Crippen LogP) is 3.17. The van der Waals surface area contributed by atoms with Gasteiger partial charge in [-0.05, 0) is 42.0 Å². The summed E-state index contributed by atoms with van der Waals surface area (Å²) in [5.41, 5.74) is 2.27. The van der Waals surface area contributed by atoms with E-state index in [0.717, 1.165) is 11.3 Å². The number of methoxy groups -OCH3 is 2. The fourth-order valence-electron chi connectivity index (χ4n) is 2.45. The van der Waals surface area contributed by atoms with Crippen molar-refractivity contribution in [1.29, 1.82) is 0 Å². The number of hydrogen-bond acceptors (Lipinski definition) is 6. The van der Waals surface area contributed by atoms with Crippen LogP contribution in [0.4, 0.5) is 11.5 Å². The molecular formula is C20H20N4O3. The van der Waals surface area contributed by atoms with Crippen molar-refractivity contribution in [2.75, 3.05) is 19.5 Å². The highest BCUT2D eigenvalue weighted by molar-refractivity contribution is 5.94. The molecule has 3 aromatic rings. The Balaban J connectivity index is 1.62. The maximum Gasteiger partial charge on any atom is 0.253 e. The van der Waals surface area contributed by atoms with E-state index in [1.807, 2.05) is 30.3 Å². The topological polar surface area (TPSA) is 85.4 Å². The van der Waals surface area contributed by atoms with Crippen LogP contribution in [0.15, 0.2) is 61.1 Å². The van der Waals surface area contributed by atoms with Gasteiger partial charge in [-0.2, -0.15) is 0 Å². The SMILES string of the molecule is COc1ccc(Nc2ccc(C(=O)NCc3ccncc3)cn2)cc1OC. The molecule has 2 heterocycles. The summed E-state index contributed by atoms with van der Waals surface area (Å²) in [4.78, 5) is 20.5. The molecule has 0 aliphatic carbocycles. The number of pyridine rings is 2. The molecule has 0 saturated carbocycles. The van der Waals surface area contributed by atoms with Crippen molar-refractivity contribution >= 4 is 17.4 Å². The Morgan fingerprint density at radius 3 is 2.44 bits per heavy atom. The molecule has 0 fully saturated rings. The highest BCUT2D eigenvalue weighted by Gasteiger charge is 2.08. The number of rotatable bonds is 7. The van der Waals surface area contributed by atoms with E-state index in [1.165, 1.54) is 6.20 Å². The summed E-state index contributed by atoms with van der Waals surface area (Å²) in [7, 11) is 3.17. The average Bonchev–Trinajstić information content (AvgIpc) is 2.73. The Kier molecular flexibility index (Phi) is 5.84. The molecule has 27 heavy (non-hydrogen) atoms. The number of amides is 1.